The molecular formula is C35H45BO2. The van der Waals surface area contributed by atoms with E-state index in [4.69, 9.17) is 9.31 Å². The van der Waals surface area contributed by atoms with Crippen molar-refractivity contribution in [1.82, 2.24) is 0 Å². The molecule has 1 heterocycles. The lowest BCUT2D eigenvalue weighted by Crippen LogP contribution is -2.41. The van der Waals surface area contributed by atoms with E-state index in [1.807, 2.05) is 0 Å². The third-order valence-corrected chi connectivity index (χ3v) is 9.23. The Morgan fingerprint density at radius 1 is 0.605 bits per heavy atom. The van der Waals surface area contributed by atoms with Crippen LogP contribution in [0.4, 0.5) is 0 Å². The molecule has 0 radical (unpaired) electrons. The summed E-state index contributed by atoms with van der Waals surface area (Å²) in [6.07, 6.45) is 0. The minimum absolute atomic E-state index is 0.0362. The first-order chi connectivity index (χ1) is 17.3. The zero-order valence-electron chi connectivity index (χ0n) is 25.6. The molecule has 2 aliphatic rings. The van der Waals surface area contributed by atoms with E-state index in [1.54, 1.807) is 0 Å². The van der Waals surface area contributed by atoms with Gasteiger partial charge in [0.2, 0.25) is 0 Å². The summed E-state index contributed by atoms with van der Waals surface area (Å²) in [5.41, 5.74) is 11.2. The van der Waals surface area contributed by atoms with Crippen molar-refractivity contribution in [1.29, 1.82) is 0 Å². The number of hydrogen-bond acceptors (Lipinski definition) is 2. The molecule has 200 valence electrons. The van der Waals surface area contributed by atoms with Crippen LogP contribution in [0.5, 0.6) is 0 Å². The van der Waals surface area contributed by atoms with Crippen molar-refractivity contribution < 1.29 is 9.31 Å². The molecule has 3 heteroatoms. The predicted molar refractivity (Wildman–Crippen MR) is 163 cm³/mol. The summed E-state index contributed by atoms with van der Waals surface area (Å²) in [6, 6.07) is 20.8. The van der Waals surface area contributed by atoms with Crippen molar-refractivity contribution >= 4 is 12.6 Å². The fourth-order valence-electron chi connectivity index (χ4n) is 5.81. The van der Waals surface area contributed by atoms with E-state index in [1.165, 1.54) is 44.5 Å². The smallest absolute Gasteiger partial charge is 0.399 e. The van der Waals surface area contributed by atoms with Crippen LogP contribution in [-0.2, 0) is 25.6 Å². The maximum Gasteiger partial charge on any atom is 0.494 e. The Labute approximate surface area is 231 Å². The summed E-state index contributed by atoms with van der Waals surface area (Å²) in [5.74, 6) is 0. The first-order valence-electron chi connectivity index (χ1n) is 14.1. The van der Waals surface area contributed by atoms with Gasteiger partial charge in [-0.2, -0.15) is 0 Å². The number of rotatable bonds is 2. The second-order valence-electron chi connectivity index (χ2n) is 15.0. The van der Waals surface area contributed by atoms with Crippen molar-refractivity contribution in [2.24, 2.45) is 0 Å². The van der Waals surface area contributed by atoms with Crippen LogP contribution in [0.15, 0.2) is 54.6 Å². The van der Waals surface area contributed by atoms with Gasteiger partial charge in [0.25, 0.3) is 0 Å². The molecule has 0 N–H and O–H groups in total. The van der Waals surface area contributed by atoms with E-state index in [9.17, 15) is 0 Å². The number of fused-ring (bicyclic) bond motifs is 3. The minimum atomic E-state index is -0.378. The van der Waals surface area contributed by atoms with Crippen molar-refractivity contribution in [3.05, 3.63) is 76.9 Å². The Hall–Kier alpha value is -2.36. The van der Waals surface area contributed by atoms with Gasteiger partial charge in [0.1, 0.15) is 0 Å². The third-order valence-electron chi connectivity index (χ3n) is 9.23. The lowest BCUT2D eigenvalue weighted by molar-refractivity contribution is 0.00578. The van der Waals surface area contributed by atoms with Gasteiger partial charge in [-0.15, -0.1) is 0 Å². The molecule has 3 aromatic carbocycles. The Balaban J connectivity index is 1.72. The highest BCUT2D eigenvalue weighted by molar-refractivity contribution is 6.62. The van der Waals surface area contributed by atoms with Crippen LogP contribution in [0.3, 0.4) is 0 Å². The van der Waals surface area contributed by atoms with Gasteiger partial charge < -0.3 is 9.31 Å². The van der Waals surface area contributed by atoms with Gasteiger partial charge in [0, 0.05) is 5.41 Å². The van der Waals surface area contributed by atoms with Gasteiger partial charge in [-0.3, -0.25) is 0 Å². The van der Waals surface area contributed by atoms with E-state index >= 15 is 0 Å². The predicted octanol–water partition coefficient (Wildman–Crippen LogP) is 8.55. The highest BCUT2D eigenvalue weighted by Crippen LogP contribution is 2.54. The first kappa shape index (κ1) is 27.2. The summed E-state index contributed by atoms with van der Waals surface area (Å²) < 4.78 is 12.8. The van der Waals surface area contributed by atoms with E-state index in [-0.39, 0.29) is 34.6 Å². The Kier molecular flexibility index (Phi) is 5.96. The average molecular weight is 509 g/mol. The van der Waals surface area contributed by atoms with Gasteiger partial charge in [-0.1, -0.05) is 104 Å². The zero-order valence-corrected chi connectivity index (χ0v) is 25.6. The fourth-order valence-corrected chi connectivity index (χ4v) is 5.81. The summed E-state index contributed by atoms with van der Waals surface area (Å²) in [5, 5.41) is 0. The summed E-state index contributed by atoms with van der Waals surface area (Å²) in [7, 11) is -0.378. The van der Waals surface area contributed by atoms with E-state index in [0.717, 1.165) is 5.46 Å². The molecule has 0 saturated carbocycles. The molecule has 38 heavy (non-hydrogen) atoms. The topological polar surface area (TPSA) is 18.5 Å². The van der Waals surface area contributed by atoms with Crippen molar-refractivity contribution in [3.63, 3.8) is 0 Å². The van der Waals surface area contributed by atoms with Crippen LogP contribution in [0.2, 0.25) is 0 Å². The third kappa shape index (κ3) is 4.27. The maximum atomic E-state index is 6.42. The standard InChI is InChI=1S/C35H45BO2/c1-31(2,3)23-16-17-26-28(20-23)33(7,8)29-21-24(32(4,5)6)19-27(30(26)29)22-14-13-15-25(18-22)36-37-34(9,10)35(11,12)38-36/h13-21H,1-12H3. The first-order valence-corrected chi connectivity index (χ1v) is 14.1. The van der Waals surface area contributed by atoms with Crippen LogP contribution in [0, 0.1) is 0 Å². The summed E-state index contributed by atoms with van der Waals surface area (Å²) in [6.45, 7) is 27.1. The molecule has 0 atom stereocenters. The molecule has 0 bridgehead atoms. The number of benzene rings is 3. The normalized spacial score (nSPS) is 19.4. The molecule has 1 fully saturated rings. The highest BCUT2D eigenvalue weighted by atomic mass is 16.7. The number of hydrogen-bond donors (Lipinski definition) is 0. The van der Waals surface area contributed by atoms with Gasteiger partial charge >= 0.3 is 7.12 Å². The van der Waals surface area contributed by atoms with Gasteiger partial charge in [-0.25, -0.2) is 0 Å². The monoisotopic (exact) mass is 508 g/mol. The van der Waals surface area contributed by atoms with Gasteiger partial charge in [0.15, 0.2) is 0 Å². The van der Waals surface area contributed by atoms with E-state index < -0.39 is 0 Å². The van der Waals surface area contributed by atoms with Crippen LogP contribution in [0.1, 0.15) is 105 Å². The minimum Gasteiger partial charge on any atom is -0.399 e. The van der Waals surface area contributed by atoms with Crippen molar-refractivity contribution in [3.8, 4) is 22.3 Å². The summed E-state index contributed by atoms with van der Waals surface area (Å²) in [4.78, 5) is 0. The highest BCUT2D eigenvalue weighted by Gasteiger charge is 2.51. The van der Waals surface area contributed by atoms with E-state index in [0.29, 0.717) is 0 Å². The second kappa shape index (κ2) is 8.32. The lowest BCUT2D eigenvalue weighted by atomic mass is 9.75. The van der Waals surface area contributed by atoms with Crippen LogP contribution in [-0.4, -0.2) is 18.3 Å². The fraction of sp³-hybridized carbons (Fsp3) is 0.486. The summed E-state index contributed by atoms with van der Waals surface area (Å²) >= 11 is 0. The molecule has 5 rings (SSSR count). The molecule has 1 aliphatic carbocycles. The van der Waals surface area contributed by atoms with Crippen LogP contribution in [0.25, 0.3) is 22.3 Å². The molecule has 1 saturated heterocycles. The quantitative estimate of drug-likeness (QED) is 0.323. The SMILES string of the molecule is CC(C)(C)c1ccc2c(c1)C(C)(C)c1cc(C(C)(C)C)cc(-c3cccc(B4OC(C)(C)C(C)(C)O4)c3)c1-2. The van der Waals surface area contributed by atoms with Gasteiger partial charge in [-0.05, 0) is 94.6 Å². The average Bonchev–Trinajstić information content (AvgIpc) is 3.17. The molecule has 2 nitrogen and oxygen atoms in total. The second-order valence-corrected chi connectivity index (χ2v) is 15.0. The Bertz CT molecular complexity index is 1400. The zero-order chi connectivity index (χ0) is 28.1. The van der Waals surface area contributed by atoms with Crippen LogP contribution >= 0.6 is 0 Å². The molecule has 0 spiro atoms. The molecule has 0 unspecified atom stereocenters. The molecule has 1 aliphatic heterocycles. The molecular weight excluding hydrogens is 463 g/mol. The van der Waals surface area contributed by atoms with Crippen molar-refractivity contribution in [2.45, 2.75) is 111 Å². The van der Waals surface area contributed by atoms with Crippen molar-refractivity contribution in [2.75, 3.05) is 0 Å². The Morgan fingerprint density at radius 3 is 1.76 bits per heavy atom. The van der Waals surface area contributed by atoms with E-state index in [2.05, 4.69) is 138 Å². The van der Waals surface area contributed by atoms with Crippen LogP contribution < -0.4 is 5.46 Å². The van der Waals surface area contributed by atoms with Gasteiger partial charge in [0.05, 0.1) is 11.2 Å². The molecule has 0 aromatic heterocycles. The molecule has 0 amide bonds. The largest absolute Gasteiger partial charge is 0.494 e. The Morgan fingerprint density at radius 2 is 1.18 bits per heavy atom. The molecule has 3 aromatic rings. The maximum absolute atomic E-state index is 6.42. The lowest BCUT2D eigenvalue weighted by Gasteiger charge is -2.32.